The van der Waals surface area contributed by atoms with Gasteiger partial charge in [0, 0.05) is 4.88 Å². The Labute approximate surface area is 128 Å². The Balaban J connectivity index is 2.87. The molecule has 0 aliphatic carbocycles. The van der Waals surface area contributed by atoms with Gasteiger partial charge < -0.3 is 14.8 Å². The zero-order chi connectivity index (χ0) is 16.0. The molecular weight excluding hydrogens is 290 g/mol. The molecule has 1 rings (SSSR count). The summed E-state index contributed by atoms with van der Waals surface area (Å²) < 4.78 is 10.2. The van der Waals surface area contributed by atoms with E-state index in [9.17, 15) is 9.59 Å². The molecule has 0 aromatic carbocycles. The Morgan fingerprint density at radius 1 is 1.43 bits per heavy atom. The summed E-state index contributed by atoms with van der Waals surface area (Å²) in [4.78, 5) is 24.6. The number of amides is 1. The first-order valence-electron chi connectivity index (χ1n) is 6.63. The summed E-state index contributed by atoms with van der Waals surface area (Å²) in [7, 11) is 0. The Morgan fingerprint density at radius 3 is 2.57 bits per heavy atom. The fourth-order valence-corrected chi connectivity index (χ4v) is 2.36. The minimum Gasteiger partial charge on any atom is -0.463 e. The predicted octanol–water partition coefficient (Wildman–Crippen LogP) is 3.43. The number of carbonyl (C=O) groups is 2. The van der Waals surface area contributed by atoms with E-state index >= 15 is 0 Å². The van der Waals surface area contributed by atoms with Crippen LogP contribution in [0.4, 0.5) is 4.79 Å². The van der Waals surface area contributed by atoms with Gasteiger partial charge in [0.2, 0.25) is 0 Å². The van der Waals surface area contributed by atoms with E-state index < -0.39 is 23.7 Å². The van der Waals surface area contributed by atoms with Crippen LogP contribution in [0.25, 0.3) is 0 Å². The monoisotopic (exact) mass is 311 g/mol. The van der Waals surface area contributed by atoms with Crippen molar-refractivity contribution in [2.45, 2.75) is 39.3 Å². The zero-order valence-electron chi connectivity index (χ0n) is 12.8. The number of ether oxygens (including phenoxy) is 2. The van der Waals surface area contributed by atoms with E-state index in [2.05, 4.69) is 11.9 Å². The lowest BCUT2D eigenvalue weighted by molar-refractivity contribution is -0.138. The number of hydrogen-bond acceptors (Lipinski definition) is 5. The van der Waals surface area contributed by atoms with Crippen LogP contribution in [-0.2, 0) is 14.3 Å². The lowest BCUT2D eigenvalue weighted by Gasteiger charge is -2.23. The molecule has 0 aliphatic rings. The molecule has 0 bridgehead atoms. The summed E-state index contributed by atoms with van der Waals surface area (Å²) in [6.45, 7) is 11.0. The molecule has 0 spiro atoms. The summed E-state index contributed by atoms with van der Waals surface area (Å²) in [5, 5.41) is 4.52. The van der Waals surface area contributed by atoms with Gasteiger partial charge in [-0.05, 0) is 39.1 Å². The normalized spacial score (nSPS) is 12.4. The molecule has 116 valence electrons. The third-order valence-electron chi connectivity index (χ3n) is 2.37. The molecule has 1 aromatic heterocycles. The van der Waals surface area contributed by atoms with E-state index in [1.54, 1.807) is 27.7 Å². The molecule has 1 heterocycles. The van der Waals surface area contributed by atoms with Gasteiger partial charge in [0.15, 0.2) is 0 Å². The lowest BCUT2D eigenvalue weighted by Crippen LogP contribution is -2.36. The zero-order valence-corrected chi connectivity index (χ0v) is 13.6. The second-order valence-electron chi connectivity index (χ2n) is 5.34. The second kappa shape index (κ2) is 7.26. The van der Waals surface area contributed by atoms with Gasteiger partial charge >= 0.3 is 12.1 Å². The number of thiophene rings is 1. The van der Waals surface area contributed by atoms with Crippen LogP contribution in [0.5, 0.6) is 0 Å². The van der Waals surface area contributed by atoms with Crippen LogP contribution in [0.3, 0.4) is 0 Å². The van der Waals surface area contributed by atoms with Gasteiger partial charge in [0.25, 0.3) is 0 Å². The van der Waals surface area contributed by atoms with Crippen molar-refractivity contribution in [1.29, 1.82) is 0 Å². The van der Waals surface area contributed by atoms with Crippen molar-refractivity contribution in [3.05, 3.63) is 34.5 Å². The van der Waals surface area contributed by atoms with Gasteiger partial charge in [-0.25, -0.2) is 9.59 Å². The van der Waals surface area contributed by atoms with Gasteiger partial charge in [0.1, 0.15) is 5.60 Å². The van der Waals surface area contributed by atoms with Crippen LogP contribution in [0.2, 0.25) is 0 Å². The molecule has 0 aliphatic heterocycles. The maximum Gasteiger partial charge on any atom is 0.408 e. The van der Waals surface area contributed by atoms with E-state index in [0.717, 1.165) is 4.88 Å². The predicted molar refractivity (Wildman–Crippen MR) is 82.2 cm³/mol. The average Bonchev–Trinajstić information content (AvgIpc) is 2.86. The number of esters is 1. The third-order valence-corrected chi connectivity index (χ3v) is 3.31. The summed E-state index contributed by atoms with van der Waals surface area (Å²) >= 11 is 1.42. The molecule has 0 fully saturated rings. The van der Waals surface area contributed by atoms with Crippen molar-refractivity contribution >= 4 is 23.4 Å². The maximum atomic E-state index is 11.9. The van der Waals surface area contributed by atoms with Gasteiger partial charge in [-0.15, -0.1) is 11.3 Å². The van der Waals surface area contributed by atoms with Crippen molar-refractivity contribution in [2.75, 3.05) is 6.61 Å². The highest BCUT2D eigenvalue weighted by molar-refractivity contribution is 7.10. The van der Waals surface area contributed by atoms with E-state index in [1.807, 2.05) is 17.5 Å². The molecule has 1 amide bonds. The third kappa shape index (κ3) is 5.59. The van der Waals surface area contributed by atoms with Gasteiger partial charge in [-0.2, -0.15) is 0 Å². The highest BCUT2D eigenvalue weighted by atomic mass is 32.1. The topological polar surface area (TPSA) is 64.6 Å². The lowest BCUT2D eigenvalue weighted by atomic mass is 10.1. The number of hydrogen-bond donors (Lipinski definition) is 1. The number of nitrogens with one attached hydrogen (secondary N) is 1. The Hall–Kier alpha value is -1.82. The minimum absolute atomic E-state index is 0.171. The van der Waals surface area contributed by atoms with Crippen molar-refractivity contribution in [3.8, 4) is 0 Å². The van der Waals surface area contributed by atoms with E-state index in [-0.39, 0.29) is 12.2 Å². The molecule has 0 radical (unpaired) electrons. The number of carbonyl (C=O) groups excluding carboxylic acids is 2. The molecule has 0 saturated carbocycles. The number of alkyl carbamates (subject to hydrolysis) is 1. The molecule has 0 saturated heterocycles. The average molecular weight is 311 g/mol. The fraction of sp³-hybridized carbons (Fsp3) is 0.467. The number of rotatable bonds is 5. The SMILES string of the molecule is C=C(C(=O)OCC)[C@H](NC(=O)OC(C)(C)C)c1cccs1. The van der Waals surface area contributed by atoms with Gasteiger partial charge in [0.05, 0.1) is 18.2 Å². The molecule has 1 N–H and O–H groups in total. The van der Waals surface area contributed by atoms with Gasteiger partial charge in [-0.1, -0.05) is 12.6 Å². The second-order valence-corrected chi connectivity index (χ2v) is 6.32. The van der Waals surface area contributed by atoms with E-state index in [4.69, 9.17) is 9.47 Å². The molecule has 1 atom stereocenters. The molecule has 6 heteroatoms. The first kappa shape index (κ1) is 17.2. The minimum atomic E-state index is -0.654. The summed E-state index contributed by atoms with van der Waals surface area (Å²) in [6, 6.07) is 3.00. The molecule has 5 nitrogen and oxygen atoms in total. The summed E-state index contributed by atoms with van der Waals surface area (Å²) in [5.41, 5.74) is -0.444. The van der Waals surface area contributed by atoms with Crippen molar-refractivity contribution in [3.63, 3.8) is 0 Å². The first-order valence-corrected chi connectivity index (χ1v) is 7.51. The Kier molecular flexibility index (Phi) is 5.96. The quantitative estimate of drug-likeness (QED) is 0.668. The van der Waals surface area contributed by atoms with Crippen LogP contribution in [0, 0.1) is 0 Å². The molecule has 21 heavy (non-hydrogen) atoms. The molecular formula is C15H21NO4S. The smallest absolute Gasteiger partial charge is 0.408 e. The highest BCUT2D eigenvalue weighted by Gasteiger charge is 2.27. The highest BCUT2D eigenvalue weighted by Crippen LogP contribution is 2.26. The van der Waals surface area contributed by atoms with Crippen LogP contribution >= 0.6 is 11.3 Å². The molecule has 0 unspecified atom stereocenters. The Morgan fingerprint density at radius 2 is 2.10 bits per heavy atom. The van der Waals surface area contributed by atoms with Crippen LogP contribution in [0.15, 0.2) is 29.7 Å². The van der Waals surface area contributed by atoms with Crippen molar-refractivity contribution in [2.24, 2.45) is 0 Å². The molecule has 1 aromatic rings. The van der Waals surface area contributed by atoms with Crippen LogP contribution < -0.4 is 5.32 Å². The first-order chi connectivity index (χ1) is 9.74. The fourth-order valence-electron chi connectivity index (χ4n) is 1.55. The van der Waals surface area contributed by atoms with Crippen molar-refractivity contribution in [1.82, 2.24) is 5.32 Å². The van der Waals surface area contributed by atoms with Crippen LogP contribution in [-0.4, -0.2) is 24.3 Å². The Bertz CT molecular complexity index is 502. The van der Waals surface area contributed by atoms with E-state index in [1.165, 1.54) is 11.3 Å². The van der Waals surface area contributed by atoms with Crippen LogP contribution in [0.1, 0.15) is 38.6 Å². The summed E-state index contributed by atoms with van der Waals surface area (Å²) in [5.74, 6) is -0.535. The summed E-state index contributed by atoms with van der Waals surface area (Å²) in [6.07, 6.45) is -0.605. The maximum absolute atomic E-state index is 11.9. The largest absolute Gasteiger partial charge is 0.463 e. The standard InChI is InChI=1S/C15H21NO4S/c1-6-19-13(17)10(2)12(11-8-7-9-21-11)16-14(18)20-15(3,4)5/h7-9,12H,2,6H2,1,3-5H3,(H,16,18)/t12-/m0/s1. The van der Waals surface area contributed by atoms with E-state index in [0.29, 0.717) is 0 Å². The van der Waals surface area contributed by atoms with Crippen molar-refractivity contribution < 1.29 is 19.1 Å². The van der Waals surface area contributed by atoms with Gasteiger partial charge in [-0.3, -0.25) is 0 Å².